The first-order valence-corrected chi connectivity index (χ1v) is 16.4. The number of aliphatic hydroxyl groups is 1. The Morgan fingerprint density at radius 3 is 1.94 bits per heavy atom. The molecule has 0 aliphatic rings. The molecular formula is C32H53N9O9. The van der Waals surface area contributed by atoms with Crippen LogP contribution in [-0.2, 0) is 35.2 Å². The van der Waals surface area contributed by atoms with Crippen LogP contribution < -0.4 is 43.8 Å². The molecule has 0 aromatic heterocycles. The number of carbonyl (C=O) groups excluding carboxylic acids is 5. The Hall–Kier alpha value is -4.97. The molecule has 0 fully saturated rings. The zero-order chi connectivity index (χ0) is 38.0. The number of carboxylic acid groups (broad SMARTS) is 1. The number of hydrogen-bond acceptors (Lipinski definition) is 10. The predicted molar refractivity (Wildman–Crippen MR) is 184 cm³/mol. The predicted octanol–water partition coefficient (Wildman–Crippen LogP) is -2.46. The molecule has 1 aromatic carbocycles. The fourth-order valence-corrected chi connectivity index (χ4v) is 4.60. The van der Waals surface area contributed by atoms with E-state index >= 15 is 0 Å². The van der Waals surface area contributed by atoms with Crippen LogP contribution in [0.2, 0.25) is 0 Å². The molecule has 0 unspecified atom stereocenters. The van der Waals surface area contributed by atoms with E-state index in [1.807, 2.05) is 20.8 Å². The lowest BCUT2D eigenvalue weighted by Gasteiger charge is -2.27. The number of benzene rings is 1. The highest BCUT2D eigenvalue weighted by atomic mass is 16.4. The second-order valence-electron chi connectivity index (χ2n) is 12.4. The van der Waals surface area contributed by atoms with Crippen molar-refractivity contribution in [2.24, 2.45) is 34.0 Å². The Bertz CT molecular complexity index is 1320. The molecule has 18 heteroatoms. The maximum absolute atomic E-state index is 13.7. The Morgan fingerprint density at radius 1 is 0.820 bits per heavy atom. The van der Waals surface area contributed by atoms with Crippen molar-refractivity contribution < 1.29 is 44.1 Å². The Labute approximate surface area is 291 Å². The third kappa shape index (κ3) is 16.0. The topological polar surface area (TPSA) is 314 Å². The van der Waals surface area contributed by atoms with Gasteiger partial charge >= 0.3 is 5.97 Å². The second-order valence-corrected chi connectivity index (χ2v) is 12.4. The first-order valence-electron chi connectivity index (χ1n) is 16.4. The lowest BCUT2D eigenvalue weighted by Crippen LogP contribution is -2.59. The van der Waals surface area contributed by atoms with Crippen LogP contribution in [0.15, 0.2) is 29.3 Å². The van der Waals surface area contributed by atoms with Gasteiger partial charge in [-0.05, 0) is 48.8 Å². The molecular weight excluding hydrogens is 654 g/mol. The zero-order valence-electron chi connectivity index (χ0n) is 29.0. The summed E-state index contributed by atoms with van der Waals surface area (Å²) < 4.78 is 0. The molecule has 1 aromatic rings. The molecule has 0 spiro atoms. The van der Waals surface area contributed by atoms with E-state index in [4.69, 9.17) is 27.4 Å². The summed E-state index contributed by atoms with van der Waals surface area (Å²) in [5.74, 6) is -5.59. The van der Waals surface area contributed by atoms with Gasteiger partial charge in [-0.3, -0.25) is 29.0 Å². The summed E-state index contributed by atoms with van der Waals surface area (Å²) in [5, 5.41) is 40.3. The molecule has 5 amide bonds. The SMILES string of the molecule is CC[C@H](C)[C@H](N)C(=O)N[C@@H](CCCN=C(N)N)C(=O)N[C@@H](CC(C)C)C(=O)N[C@@H](Cc1ccc(O)cc1)C(=O)NCC(=O)N[C@@H](CO)C(=O)O. The number of amides is 5. The van der Waals surface area contributed by atoms with Gasteiger partial charge < -0.3 is 59.1 Å². The molecule has 280 valence electrons. The molecule has 1 rings (SSSR count). The summed E-state index contributed by atoms with van der Waals surface area (Å²) in [6.07, 6.45) is 1.11. The highest BCUT2D eigenvalue weighted by Gasteiger charge is 2.32. The normalized spacial score (nSPS) is 14.5. The fourth-order valence-electron chi connectivity index (χ4n) is 4.60. The summed E-state index contributed by atoms with van der Waals surface area (Å²) in [4.78, 5) is 80.8. The number of guanidine groups is 1. The van der Waals surface area contributed by atoms with Gasteiger partial charge in [0.25, 0.3) is 0 Å². The number of aromatic hydroxyl groups is 1. The molecule has 6 atom stereocenters. The van der Waals surface area contributed by atoms with Gasteiger partial charge in [0.2, 0.25) is 29.5 Å². The van der Waals surface area contributed by atoms with E-state index in [2.05, 4.69) is 31.6 Å². The van der Waals surface area contributed by atoms with Gasteiger partial charge in [-0.2, -0.15) is 0 Å². The highest BCUT2D eigenvalue weighted by molar-refractivity contribution is 5.95. The number of nitrogens with zero attached hydrogens (tertiary/aromatic N) is 1. The highest BCUT2D eigenvalue weighted by Crippen LogP contribution is 2.13. The van der Waals surface area contributed by atoms with Crippen LogP contribution in [0.3, 0.4) is 0 Å². The molecule has 0 heterocycles. The number of phenolic OH excluding ortho intramolecular Hbond substituents is 1. The van der Waals surface area contributed by atoms with Gasteiger partial charge in [0, 0.05) is 13.0 Å². The van der Waals surface area contributed by atoms with E-state index in [1.165, 1.54) is 24.3 Å². The largest absolute Gasteiger partial charge is 0.508 e. The van der Waals surface area contributed by atoms with E-state index in [1.54, 1.807) is 6.92 Å². The number of aliphatic hydroxyl groups excluding tert-OH is 1. The van der Waals surface area contributed by atoms with Gasteiger partial charge in [0.1, 0.15) is 29.9 Å². The van der Waals surface area contributed by atoms with Gasteiger partial charge in [0.15, 0.2) is 5.96 Å². The first kappa shape index (κ1) is 43.1. The summed E-state index contributed by atoms with van der Waals surface area (Å²) in [6, 6.07) is -0.196. The number of aliphatic imine (C=N–C) groups is 1. The molecule has 0 radical (unpaired) electrons. The number of carboxylic acids is 1. The van der Waals surface area contributed by atoms with Crippen molar-refractivity contribution in [2.75, 3.05) is 19.7 Å². The third-order valence-corrected chi connectivity index (χ3v) is 7.73. The second kappa shape index (κ2) is 21.9. The van der Waals surface area contributed by atoms with Gasteiger partial charge in [-0.15, -0.1) is 0 Å². The molecule has 0 aliphatic carbocycles. The third-order valence-electron chi connectivity index (χ3n) is 7.73. The fraction of sp³-hybridized carbons (Fsp3) is 0.594. The minimum absolute atomic E-state index is 0.0305. The van der Waals surface area contributed by atoms with Crippen molar-refractivity contribution in [3.8, 4) is 5.75 Å². The molecule has 0 saturated heterocycles. The molecule has 14 N–H and O–H groups in total. The van der Waals surface area contributed by atoms with Crippen molar-refractivity contribution in [1.29, 1.82) is 0 Å². The van der Waals surface area contributed by atoms with E-state index < -0.39 is 78.9 Å². The average Bonchev–Trinajstić information content (AvgIpc) is 3.06. The van der Waals surface area contributed by atoms with Crippen molar-refractivity contribution >= 4 is 41.5 Å². The van der Waals surface area contributed by atoms with Crippen LogP contribution in [0, 0.1) is 11.8 Å². The Kier molecular flexibility index (Phi) is 18.8. The zero-order valence-corrected chi connectivity index (χ0v) is 29.0. The number of phenols is 1. The van der Waals surface area contributed by atoms with Crippen LogP contribution in [0.1, 0.15) is 58.9 Å². The van der Waals surface area contributed by atoms with Crippen LogP contribution in [0.4, 0.5) is 0 Å². The number of nitrogens with one attached hydrogen (secondary N) is 5. The van der Waals surface area contributed by atoms with Crippen molar-refractivity contribution in [2.45, 2.75) is 90.0 Å². The van der Waals surface area contributed by atoms with E-state index in [0.29, 0.717) is 18.4 Å². The van der Waals surface area contributed by atoms with E-state index in [0.717, 1.165) is 0 Å². The van der Waals surface area contributed by atoms with Crippen LogP contribution >= 0.6 is 0 Å². The Balaban J connectivity index is 3.25. The minimum Gasteiger partial charge on any atom is -0.508 e. The van der Waals surface area contributed by atoms with Crippen LogP contribution in [0.25, 0.3) is 0 Å². The standard InChI is InChI=1S/C32H53N9O9/c1-5-18(4)26(33)30(48)39-21(7-6-12-36-32(34)35)28(46)40-22(13-17(2)3)29(47)41-23(14-19-8-10-20(43)11-9-19)27(45)37-15-25(44)38-24(16-42)31(49)50/h8-11,17-18,21-24,26,42-43H,5-7,12-16,33H2,1-4H3,(H,37,45)(H,38,44)(H,39,48)(H,40,46)(H,41,47)(H,49,50)(H4,34,35,36)/t18-,21-,22-,23-,24-,26-/m0/s1. The van der Waals surface area contributed by atoms with Gasteiger partial charge in [-0.1, -0.05) is 46.2 Å². The summed E-state index contributed by atoms with van der Waals surface area (Å²) in [7, 11) is 0. The quantitative estimate of drug-likeness (QED) is 0.0340. The smallest absolute Gasteiger partial charge is 0.328 e. The molecule has 0 saturated carbocycles. The molecule has 0 bridgehead atoms. The van der Waals surface area contributed by atoms with Crippen LogP contribution in [0.5, 0.6) is 5.75 Å². The average molecular weight is 708 g/mol. The number of carbonyl (C=O) groups is 6. The van der Waals surface area contributed by atoms with Crippen molar-refractivity contribution in [3.63, 3.8) is 0 Å². The Morgan fingerprint density at radius 2 is 1.40 bits per heavy atom. The minimum atomic E-state index is -1.58. The monoisotopic (exact) mass is 707 g/mol. The van der Waals surface area contributed by atoms with E-state index in [-0.39, 0.29) is 49.4 Å². The lowest BCUT2D eigenvalue weighted by molar-refractivity contribution is -0.142. The number of hydrogen-bond donors (Lipinski definition) is 11. The van der Waals surface area contributed by atoms with Crippen LogP contribution in [-0.4, -0.2) is 107 Å². The summed E-state index contributed by atoms with van der Waals surface area (Å²) in [5.41, 5.74) is 17.4. The first-order chi connectivity index (χ1) is 23.5. The molecule has 0 aliphatic heterocycles. The molecule has 50 heavy (non-hydrogen) atoms. The summed E-state index contributed by atoms with van der Waals surface area (Å²) in [6.45, 7) is 5.96. The number of aliphatic carboxylic acids is 1. The van der Waals surface area contributed by atoms with Crippen molar-refractivity contribution in [3.05, 3.63) is 29.8 Å². The number of rotatable bonds is 22. The maximum atomic E-state index is 13.7. The van der Waals surface area contributed by atoms with Gasteiger partial charge in [-0.25, -0.2) is 4.79 Å². The molecule has 18 nitrogen and oxygen atoms in total. The van der Waals surface area contributed by atoms with Crippen molar-refractivity contribution in [1.82, 2.24) is 26.6 Å². The van der Waals surface area contributed by atoms with Gasteiger partial charge in [0.05, 0.1) is 19.2 Å². The summed E-state index contributed by atoms with van der Waals surface area (Å²) >= 11 is 0. The maximum Gasteiger partial charge on any atom is 0.328 e. The number of nitrogens with two attached hydrogens (primary N) is 3. The lowest BCUT2D eigenvalue weighted by atomic mass is 9.98. The van der Waals surface area contributed by atoms with E-state index in [9.17, 15) is 33.9 Å².